The number of rotatable bonds is 5. The van der Waals surface area contributed by atoms with E-state index in [1.807, 2.05) is 42.5 Å². The van der Waals surface area contributed by atoms with Crippen LogP contribution in [0.25, 0.3) is 0 Å². The van der Waals surface area contributed by atoms with Crippen LogP contribution in [-0.2, 0) is 11.8 Å². The van der Waals surface area contributed by atoms with Crippen LogP contribution in [0.5, 0.6) is 0 Å². The molecule has 1 aromatic carbocycles. The summed E-state index contributed by atoms with van der Waals surface area (Å²) < 4.78 is 1.95. The topological polar surface area (TPSA) is 80.1 Å². The first-order chi connectivity index (χ1) is 13.0. The number of hydrogen-bond donors (Lipinski definition) is 1. The van der Waals surface area contributed by atoms with Gasteiger partial charge in [-0.05, 0) is 37.5 Å². The van der Waals surface area contributed by atoms with Gasteiger partial charge < -0.3 is 14.8 Å². The number of likely N-dealkylation sites (tertiary alicyclic amines) is 1. The fourth-order valence-corrected chi connectivity index (χ4v) is 3.37. The number of aromatic nitrogens is 3. The number of hydrogen-bond acceptors (Lipinski definition) is 4. The van der Waals surface area contributed by atoms with Crippen LogP contribution >= 0.6 is 0 Å². The smallest absolute Gasteiger partial charge is 0.253 e. The van der Waals surface area contributed by atoms with Crippen LogP contribution < -0.4 is 5.32 Å². The third-order valence-corrected chi connectivity index (χ3v) is 5.33. The Bertz CT molecular complexity index is 808. The van der Waals surface area contributed by atoms with Crippen LogP contribution in [0.1, 0.15) is 55.2 Å². The van der Waals surface area contributed by atoms with E-state index in [-0.39, 0.29) is 17.7 Å². The van der Waals surface area contributed by atoms with Gasteiger partial charge in [-0.25, -0.2) is 0 Å². The van der Waals surface area contributed by atoms with Crippen LogP contribution in [0.15, 0.2) is 30.6 Å². The van der Waals surface area contributed by atoms with Crippen molar-refractivity contribution in [2.75, 3.05) is 18.4 Å². The maximum Gasteiger partial charge on any atom is 0.253 e. The number of nitrogens with zero attached hydrogens (tertiary/aromatic N) is 4. The molecule has 144 valence electrons. The van der Waals surface area contributed by atoms with Crippen molar-refractivity contribution < 1.29 is 9.59 Å². The van der Waals surface area contributed by atoms with E-state index in [4.69, 9.17) is 0 Å². The van der Waals surface area contributed by atoms with E-state index in [1.54, 1.807) is 18.5 Å². The summed E-state index contributed by atoms with van der Waals surface area (Å²) in [5.41, 5.74) is 1.27. The highest BCUT2D eigenvalue weighted by molar-refractivity contribution is 5.97. The molecule has 1 atom stereocenters. The van der Waals surface area contributed by atoms with Crippen LogP contribution in [0.3, 0.4) is 0 Å². The van der Waals surface area contributed by atoms with E-state index in [9.17, 15) is 9.59 Å². The zero-order chi connectivity index (χ0) is 19.4. The van der Waals surface area contributed by atoms with Crippen LogP contribution in [0, 0.1) is 5.92 Å². The first kappa shape index (κ1) is 19.1. The molecule has 0 saturated carbocycles. The van der Waals surface area contributed by atoms with Crippen molar-refractivity contribution in [1.29, 1.82) is 0 Å². The molecule has 1 aromatic heterocycles. The van der Waals surface area contributed by atoms with Crippen molar-refractivity contribution >= 4 is 17.5 Å². The second-order valence-corrected chi connectivity index (χ2v) is 7.25. The lowest BCUT2D eigenvalue weighted by Crippen LogP contribution is -2.38. The van der Waals surface area contributed by atoms with Crippen molar-refractivity contribution in [3.05, 3.63) is 42.0 Å². The minimum Gasteiger partial charge on any atom is -0.339 e. The molecule has 0 radical (unpaired) electrons. The molecule has 1 aliphatic heterocycles. The minimum absolute atomic E-state index is 0.00561. The second kappa shape index (κ2) is 8.33. The number of nitrogens with one attached hydrogen (secondary N) is 1. The number of aryl methyl sites for hydroxylation is 1. The van der Waals surface area contributed by atoms with Gasteiger partial charge in [0.15, 0.2) is 0 Å². The van der Waals surface area contributed by atoms with E-state index in [0.717, 1.165) is 25.1 Å². The molecule has 1 saturated heterocycles. The molecule has 2 heterocycles. The van der Waals surface area contributed by atoms with Gasteiger partial charge in [-0.3, -0.25) is 9.59 Å². The number of carbonyl (C=O) groups is 2. The number of amides is 2. The molecule has 1 aliphatic rings. The lowest BCUT2D eigenvalue weighted by Gasteiger charge is -2.31. The lowest BCUT2D eigenvalue weighted by molar-refractivity contribution is -0.119. The van der Waals surface area contributed by atoms with Crippen molar-refractivity contribution in [3.8, 4) is 0 Å². The van der Waals surface area contributed by atoms with Gasteiger partial charge in [-0.15, -0.1) is 10.2 Å². The maximum atomic E-state index is 12.9. The molecule has 2 aromatic rings. The fourth-order valence-electron chi connectivity index (χ4n) is 3.37. The summed E-state index contributed by atoms with van der Waals surface area (Å²) in [6.45, 7) is 5.26. The molecule has 1 fully saturated rings. The molecular formula is C20H27N5O2. The molecular weight excluding hydrogens is 342 g/mol. The second-order valence-electron chi connectivity index (χ2n) is 7.25. The van der Waals surface area contributed by atoms with Gasteiger partial charge in [0, 0.05) is 43.2 Å². The molecule has 0 bridgehead atoms. The summed E-state index contributed by atoms with van der Waals surface area (Å²) in [5.74, 6) is 1.25. The predicted molar refractivity (Wildman–Crippen MR) is 103 cm³/mol. The molecule has 1 unspecified atom stereocenters. The predicted octanol–water partition coefficient (Wildman–Crippen LogP) is 2.82. The van der Waals surface area contributed by atoms with E-state index in [0.29, 0.717) is 30.3 Å². The lowest BCUT2D eigenvalue weighted by atomic mass is 9.95. The normalized spacial score (nSPS) is 16.2. The van der Waals surface area contributed by atoms with E-state index in [1.165, 1.54) is 0 Å². The Labute approximate surface area is 159 Å². The summed E-state index contributed by atoms with van der Waals surface area (Å²) >= 11 is 0. The highest BCUT2D eigenvalue weighted by Crippen LogP contribution is 2.27. The Morgan fingerprint density at radius 2 is 2.04 bits per heavy atom. The Morgan fingerprint density at radius 1 is 1.30 bits per heavy atom. The van der Waals surface area contributed by atoms with Crippen molar-refractivity contribution in [3.63, 3.8) is 0 Å². The molecule has 7 heteroatoms. The summed E-state index contributed by atoms with van der Waals surface area (Å²) in [6, 6.07) is 7.19. The van der Waals surface area contributed by atoms with Crippen LogP contribution in [0.2, 0.25) is 0 Å². The fraction of sp³-hybridized carbons (Fsp3) is 0.500. The van der Waals surface area contributed by atoms with E-state index >= 15 is 0 Å². The van der Waals surface area contributed by atoms with Gasteiger partial charge in [0.05, 0.1) is 0 Å². The monoisotopic (exact) mass is 369 g/mol. The first-order valence-corrected chi connectivity index (χ1v) is 9.53. The van der Waals surface area contributed by atoms with Gasteiger partial charge in [0.1, 0.15) is 12.2 Å². The average molecular weight is 369 g/mol. The van der Waals surface area contributed by atoms with E-state index in [2.05, 4.69) is 15.5 Å². The Balaban J connectivity index is 1.62. The minimum atomic E-state index is -0.0519. The summed E-state index contributed by atoms with van der Waals surface area (Å²) in [4.78, 5) is 26.8. The molecule has 2 amide bonds. The maximum absolute atomic E-state index is 12.9. The molecule has 7 nitrogen and oxygen atoms in total. The highest BCUT2D eigenvalue weighted by Gasteiger charge is 2.27. The van der Waals surface area contributed by atoms with Gasteiger partial charge in [0.25, 0.3) is 5.91 Å². The summed E-state index contributed by atoms with van der Waals surface area (Å²) in [6.07, 6.45) is 4.25. The van der Waals surface area contributed by atoms with Gasteiger partial charge in [0.2, 0.25) is 5.91 Å². The SMILES string of the molecule is CCC(C)C(=O)Nc1cccc(C(=O)N2CCC(c3nncn3C)CC2)c1. The van der Waals surface area contributed by atoms with Crippen molar-refractivity contribution in [2.45, 2.75) is 39.0 Å². The van der Waals surface area contributed by atoms with Crippen molar-refractivity contribution in [1.82, 2.24) is 19.7 Å². The standard InChI is InChI=1S/C20H27N5O2/c1-4-14(2)19(26)22-17-7-5-6-16(12-17)20(27)25-10-8-15(9-11-25)18-23-21-13-24(18)3/h5-7,12-15H,4,8-11H2,1-3H3,(H,22,26). The van der Waals surface area contributed by atoms with Gasteiger partial charge in [-0.2, -0.15) is 0 Å². The Hall–Kier alpha value is -2.70. The average Bonchev–Trinajstić information content (AvgIpc) is 3.13. The summed E-state index contributed by atoms with van der Waals surface area (Å²) in [7, 11) is 1.95. The molecule has 27 heavy (non-hydrogen) atoms. The Kier molecular flexibility index (Phi) is 5.88. The quantitative estimate of drug-likeness (QED) is 0.879. The van der Waals surface area contributed by atoms with Crippen LogP contribution in [0.4, 0.5) is 5.69 Å². The number of anilines is 1. The third-order valence-electron chi connectivity index (χ3n) is 5.33. The largest absolute Gasteiger partial charge is 0.339 e. The molecule has 3 rings (SSSR count). The van der Waals surface area contributed by atoms with E-state index < -0.39 is 0 Å². The summed E-state index contributed by atoms with van der Waals surface area (Å²) in [5, 5.41) is 11.0. The zero-order valence-corrected chi connectivity index (χ0v) is 16.2. The number of piperidine rings is 1. The number of benzene rings is 1. The van der Waals surface area contributed by atoms with Crippen LogP contribution in [-0.4, -0.2) is 44.6 Å². The molecule has 1 N–H and O–H groups in total. The Morgan fingerprint density at radius 3 is 2.67 bits per heavy atom. The number of carbonyl (C=O) groups excluding carboxylic acids is 2. The zero-order valence-electron chi connectivity index (χ0n) is 16.2. The third kappa shape index (κ3) is 4.35. The molecule has 0 spiro atoms. The highest BCUT2D eigenvalue weighted by atomic mass is 16.2. The first-order valence-electron chi connectivity index (χ1n) is 9.53. The molecule has 0 aliphatic carbocycles. The van der Waals surface area contributed by atoms with Crippen molar-refractivity contribution in [2.24, 2.45) is 13.0 Å². The van der Waals surface area contributed by atoms with Gasteiger partial charge >= 0.3 is 0 Å². The van der Waals surface area contributed by atoms with Gasteiger partial charge in [-0.1, -0.05) is 19.9 Å².